The van der Waals surface area contributed by atoms with Gasteiger partial charge in [-0.1, -0.05) is 25.1 Å². The Morgan fingerprint density at radius 3 is 2.76 bits per heavy atom. The Morgan fingerprint density at radius 2 is 2.08 bits per heavy atom. The number of nitro groups is 1. The standard InChI is InChI=1S/C18H14N4O2S/c1-2-25-18-13(10-19)16(11-5-3-6-12(9-11)22(23)24)17-14(20)7-4-8-15(17)21-18/h3-9H,2,20H2,1H3. The largest absolute Gasteiger partial charge is 0.398 e. The van der Waals surface area contributed by atoms with E-state index in [1.54, 1.807) is 24.3 Å². The molecule has 2 N–H and O–H groups in total. The molecule has 0 aliphatic rings. The number of rotatable bonds is 4. The summed E-state index contributed by atoms with van der Waals surface area (Å²) >= 11 is 1.46. The van der Waals surface area contributed by atoms with Gasteiger partial charge in [0.1, 0.15) is 11.1 Å². The van der Waals surface area contributed by atoms with Crippen molar-refractivity contribution in [3.8, 4) is 17.2 Å². The van der Waals surface area contributed by atoms with E-state index in [2.05, 4.69) is 11.1 Å². The van der Waals surface area contributed by atoms with Crippen LogP contribution in [0.15, 0.2) is 47.5 Å². The third-order valence-corrected chi connectivity index (χ3v) is 4.61. The highest BCUT2D eigenvalue weighted by atomic mass is 32.2. The summed E-state index contributed by atoms with van der Waals surface area (Å²) in [6.07, 6.45) is 0. The van der Waals surface area contributed by atoms with E-state index < -0.39 is 4.92 Å². The molecule has 25 heavy (non-hydrogen) atoms. The van der Waals surface area contributed by atoms with Gasteiger partial charge in [0, 0.05) is 28.8 Å². The molecule has 124 valence electrons. The molecule has 3 aromatic rings. The third kappa shape index (κ3) is 2.99. The van der Waals surface area contributed by atoms with Gasteiger partial charge in [-0.25, -0.2) is 4.98 Å². The van der Waals surface area contributed by atoms with Crippen LogP contribution >= 0.6 is 11.8 Å². The molecule has 7 heteroatoms. The van der Waals surface area contributed by atoms with Crippen LogP contribution in [-0.4, -0.2) is 15.7 Å². The molecule has 1 aromatic heterocycles. The Bertz CT molecular complexity index is 1030. The lowest BCUT2D eigenvalue weighted by atomic mass is 9.95. The van der Waals surface area contributed by atoms with Gasteiger partial charge in [-0.05, 0) is 23.4 Å². The van der Waals surface area contributed by atoms with Crippen molar-refractivity contribution in [2.45, 2.75) is 11.9 Å². The van der Waals surface area contributed by atoms with Crippen LogP contribution in [0, 0.1) is 21.4 Å². The van der Waals surface area contributed by atoms with E-state index >= 15 is 0 Å². The second-order valence-electron chi connectivity index (χ2n) is 5.26. The molecule has 0 unspecified atom stereocenters. The van der Waals surface area contributed by atoms with Crippen molar-refractivity contribution in [1.82, 2.24) is 4.98 Å². The highest BCUT2D eigenvalue weighted by Crippen LogP contribution is 2.39. The molecule has 3 rings (SSSR count). The fraction of sp³-hybridized carbons (Fsp3) is 0.111. The number of benzene rings is 2. The van der Waals surface area contributed by atoms with Crippen LogP contribution in [0.2, 0.25) is 0 Å². The number of nitro benzene ring substituents is 1. The molecule has 0 spiro atoms. The predicted octanol–water partition coefficient (Wildman–Crippen LogP) is 4.38. The monoisotopic (exact) mass is 350 g/mol. The number of thioether (sulfide) groups is 1. The van der Waals surface area contributed by atoms with E-state index in [0.29, 0.717) is 38.3 Å². The first-order valence-corrected chi connectivity index (χ1v) is 8.55. The minimum Gasteiger partial charge on any atom is -0.398 e. The maximum absolute atomic E-state index is 11.1. The van der Waals surface area contributed by atoms with Gasteiger partial charge in [0.05, 0.1) is 16.0 Å². The molecule has 0 saturated carbocycles. The van der Waals surface area contributed by atoms with Crippen molar-refractivity contribution in [2.24, 2.45) is 0 Å². The van der Waals surface area contributed by atoms with Crippen LogP contribution in [0.3, 0.4) is 0 Å². The van der Waals surface area contributed by atoms with E-state index in [9.17, 15) is 15.4 Å². The molecule has 0 saturated heterocycles. The number of hydrogen-bond donors (Lipinski definition) is 1. The number of hydrogen-bond acceptors (Lipinski definition) is 6. The van der Waals surface area contributed by atoms with Crippen molar-refractivity contribution in [2.75, 3.05) is 11.5 Å². The summed E-state index contributed by atoms with van der Waals surface area (Å²) in [5, 5.41) is 22.1. The first-order chi connectivity index (χ1) is 12.1. The van der Waals surface area contributed by atoms with Gasteiger partial charge in [0.25, 0.3) is 5.69 Å². The number of non-ortho nitro benzene ring substituents is 1. The van der Waals surface area contributed by atoms with Crippen LogP contribution in [0.1, 0.15) is 12.5 Å². The fourth-order valence-corrected chi connectivity index (χ4v) is 3.46. The van der Waals surface area contributed by atoms with Gasteiger partial charge in [-0.3, -0.25) is 10.1 Å². The zero-order valence-electron chi connectivity index (χ0n) is 13.4. The number of aromatic nitrogens is 1. The molecular weight excluding hydrogens is 336 g/mol. The second kappa shape index (κ2) is 6.79. The topological polar surface area (TPSA) is 106 Å². The zero-order valence-corrected chi connectivity index (χ0v) is 14.2. The van der Waals surface area contributed by atoms with E-state index in [1.165, 1.54) is 23.9 Å². The van der Waals surface area contributed by atoms with Crippen LogP contribution in [0.4, 0.5) is 11.4 Å². The lowest BCUT2D eigenvalue weighted by molar-refractivity contribution is -0.384. The molecular formula is C18H14N4O2S. The Hall–Kier alpha value is -3.11. The first kappa shape index (κ1) is 16.7. The second-order valence-corrected chi connectivity index (χ2v) is 6.51. The molecule has 2 aromatic carbocycles. The molecule has 0 aliphatic carbocycles. The number of pyridine rings is 1. The Morgan fingerprint density at radius 1 is 1.32 bits per heavy atom. The number of anilines is 1. The number of nitrogens with zero attached hydrogens (tertiary/aromatic N) is 3. The van der Waals surface area contributed by atoms with Crippen LogP contribution < -0.4 is 5.73 Å². The molecule has 0 bridgehead atoms. The summed E-state index contributed by atoms with van der Waals surface area (Å²) < 4.78 is 0. The van der Waals surface area contributed by atoms with E-state index in [-0.39, 0.29) is 5.69 Å². The SMILES string of the molecule is CCSc1nc2cccc(N)c2c(-c2cccc([N+](=O)[O-])c2)c1C#N. The van der Waals surface area contributed by atoms with Gasteiger partial charge in [-0.15, -0.1) is 11.8 Å². The van der Waals surface area contributed by atoms with Crippen molar-refractivity contribution in [1.29, 1.82) is 5.26 Å². The van der Waals surface area contributed by atoms with E-state index in [0.717, 1.165) is 5.75 Å². The summed E-state index contributed by atoms with van der Waals surface area (Å²) in [7, 11) is 0. The molecule has 1 heterocycles. The van der Waals surface area contributed by atoms with Gasteiger partial charge < -0.3 is 5.73 Å². The highest BCUT2D eigenvalue weighted by molar-refractivity contribution is 7.99. The quantitative estimate of drug-likeness (QED) is 0.324. The third-order valence-electron chi connectivity index (χ3n) is 3.75. The van der Waals surface area contributed by atoms with Gasteiger partial charge >= 0.3 is 0 Å². The summed E-state index contributed by atoms with van der Waals surface area (Å²) in [5.74, 6) is 0.754. The Kier molecular flexibility index (Phi) is 4.55. The Balaban J connectivity index is 2.45. The maximum atomic E-state index is 11.1. The number of nitrogens with two attached hydrogens (primary N) is 1. The number of fused-ring (bicyclic) bond motifs is 1. The smallest absolute Gasteiger partial charge is 0.270 e. The van der Waals surface area contributed by atoms with Gasteiger partial charge in [0.15, 0.2) is 0 Å². The minimum atomic E-state index is -0.454. The van der Waals surface area contributed by atoms with E-state index in [1.807, 2.05) is 13.0 Å². The van der Waals surface area contributed by atoms with Crippen LogP contribution in [-0.2, 0) is 0 Å². The minimum absolute atomic E-state index is 0.0365. The highest BCUT2D eigenvalue weighted by Gasteiger charge is 2.20. The van der Waals surface area contributed by atoms with Crippen molar-refractivity contribution < 1.29 is 4.92 Å². The predicted molar refractivity (Wildman–Crippen MR) is 99.4 cm³/mol. The van der Waals surface area contributed by atoms with Gasteiger partial charge in [-0.2, -0.15) is 5.26 Å². The van der Waals surface area contributed by atoms with Crippen LogP contribution in [0.25, 0.3) is 22.0 Å². The van der Waals surface area contributed by atoms with Gasteiger partial charge in [0.2, 0.25) is 0 Å². The molecule has 0 aliphatic heterocycles. The summed E-state index contributed by atoms with van der Waals surface area (Å²) in [5.41, 5.74) is 8.81. The normalized spacial score (nSPS) is 10.6. The molecule has 0 fully saturated rings. The lowest BCUT2D eigenvalue weighted by Crippen LogP contribution is -1.99. The number of nitriles is 1. The Labute approximate surface area is 148 Å². The van der Waals surface area contributed by atoms with Crippen molar-refractivity contribution in [3.05, 3.63) is 58.1 Å². The fourth-order valence-electron chi connectivity index (χ4n) is 2.73. The van der Waals surface area contributed by atoms with E-state index in [4.69, 9.17) is 5.73 Å². The average molecular weight is 350 g/mol. The molecule has 6 nitrogen and oxygen atoms in total. The molecule has 0 radical (unpaired) electrons. The molecule has 0 atom stereocenters. The summed E-state index contributed by atoms with van der Waals surface area (Å²) in [6.45, 7) is 1.98. The van der Waals surface area contributed by atoms with Crippen molar-refractivity contribution in [3.63, 3.8) is 0 Å². The van der Waals surface area contributed by atoms with Crippen LogP contribution in [0.5, 0.6) is 0 Å². The maximum Gasteiger partial charge on any atom is 0.270 e. The lowest BCUT2D eigenvalue weighted by Gasteiger charge is -2.14. The van der Waals surface area contributed by atoms with Crippen molar-refractivity contribution >= 4 is 34.0 Å². The number of nitrogen functional groups attached to an aromatic ring is 1. The first-order valence-electron chi connectivity index (χ1n) is 7.56. The zero-order chi connectivity index (χ0) is 18.0. The summed E-state index contributed by atoms with van der Waals surface area (Å²) in [6, 6.07) is 13.8. The molecule has 0 amide bonds. The average Bonchev–Trinajstić information content (AvgIpc) is 2.61. The summed E-state index contributed by atoms with van der Waals surface area (Å²) in [4.78, 5) is 15.3.